The highest BCUT2D eigenvalue weighted by molar-refractivity contribution is 5.80. The molecule has 0 saturated carbocycles. The van der Waals surface area contributed by atoms with Crippen LogP contribution in [0.25, 0.3) is 0 Å². The molecule has 1 aliphatic rings. The van der Waals surface area contributed by atoms with Crippen molar-refractivity contribution >= 4 is 11.9 Å². The summed E-state index contributed by atoms with van der Waals surface area (Å²) in [5.74, 6) is 0.189. The second kappa shape index (κ2) is 8.57. The second-order valence-electron chi connectivity index (χ2n) is 6.52. The number of phenols is 1. The molecule has 1 aliphatic heterocycles. The molecule has 3 amide bonds. The van der Waals surface area contributed by atoms with Crippen molar-refractivity contribution in [2.24, 2.45) is 5.92 Å². The molecule has 1 saturated heterocycles. The number of phenolic OH excluding ortho intramolecular Hbond substituents is 1. The van der Waals surface area contributed by atoms with Crippen molar-refractivity contribution in [1.29, 1.82) is 0 Å². The van der Waals surface area contributed by atoms with Crippen LogP contribution in [0.1, 0.15) is 24.8 Å². The van der Waals surface area contributed by atoms with E-state index < -0.39 is 0 Å². The van der Waals surface area contributed by atoms with Gasteiger partial charge in [0.2, 0.25) is 5.91 Å². The Morgan fingerprint density at radius 2 is 2.00 bits per heavy atom. The summed E-state index contributed by atoms with van der Waals surface area (Å²) in [6.45, 7) is 1.85. The van der Waals surface area contributed by atoms with Crippen LogP contribution in [-0.4, -0.2) is 60.6 Å². The first-order valence-corrected chi connectivity index (χ1v) is 8.49. The lowest BCUT2D eigenvalue weighted by Crippen LogP contribution is -2.48. The molecule has 6 nitrogen and oxygen atoms in total. The summed E-state index contributed by atoms with van der Waals surface area (Å²) in [5, 5.41) is 12.2. The van der Waals surface area contributed by atoms with E-state index in [4.69, 9.17) is 0 Å². The first-order valence-electron chi connectivity index (χ1n) is 8.49. The number of hydrogen-bond donors (Lipinski definition) is 2. The number of carbonyl (C=O) groups excluding carboxylic acids is 2. The fourth-order valence-electron chi connectivity index (χ4n) is 2.96. The zero-order valence-electron chi connectivity index (χ0n) is 14.5. The molecule has 0 spiro atoms. The molecule has 1 heterocycles. The molecule has 132 valence electrons. The quantitative estimate of drug-likeness (QED) is 0.808. The molecule has 1 fully saturated rings. The smallest absolute Gasteiger partial charge is 0.319 e. The van der Waals surface area contributed by atoms with E-state index in [0.717, 1.165) is 37.8 Å². The zero-order chi connectivity index (χ0) is 17.5. The Morgan fingerprint density at radius 1 is 1.29 bits per heavy atom. The number of aromatic hydroxyl groups is 1. The number of rotatable bonds is 5. The average Bonchev–Trinajstić information content (AvgIpc) is 2.59. The molecule has 1 unspecified atom stereocenters. The summed E-state index contributed by atoms with van der Waals surface area (Å²) in [5.41, 5.74) is 1.14. The van der Waals surface area contributed by atoms with Gasteiger partial charge in [-0.1, -0.05) is 12.1 Å². The third kappa shape index (κ3) is 5.15. The molecule has 24 heavy (non-hydrogen) atoms. The van der Waals surface area contributed by atoms with Crippen molar-refractivity contribution in [3.05, 3.63) is 29.8 Å². The lowest BCUT2D eigenvalue weighted by Gasteiger charge is -2.33. The van der Waals surface area contributed by atoms with Gasteiger partial charge in [0.05, 0.1) is 5.92 Å². The van der Waals surface area contributed by atoms with E-state index in [0.29, 0.717) is 13.1 Å². The van der Waals surface area contributed by atoms with Crippen molar-refractivity contribution in [3.8, 4) is 5.75 Å². The fourth-order valence-corrected chi connectivity index (χ4v) is 2.96. The van der Waals surface area contributed by atoms with E-state index in [1.165, 1.54) is 0 Å². The number of aryl methyl sites for hydroxylation is 1. The van der Waals surface area contributed by atoms with Crippen LogP contribution in [-0.2, 0) is 11.2 Å². The summed E-state index contributed by atoms with van der Waals surface area (Å²) in [4.78, 5) is 27.6. The molecule has 1 aromatic rings. The number of nitrogens with zero attached hydrogens (tertiary/aromatic N) is 2. The van der Waals surface area contributed by atoms with Crippen LogP contribution in [0.5, 0.6) is 5.75 Å². The average molecular weight is 333 g/mol. The highest BCUT2D eigenvalue weighted by atomic mass is 16.3. The first kappa shape index (κ1) is 18.1. The monoisotopic (exact) mass is 333 g/mol. The minimum absolute atomic E-state index is 0.0279. The van der Waals surface area contributed by atoms with Crippen molar-refractivity contribution < 1.29 is 14.7 Å². The van der Waals surface area contributed by atoms with E-state index in [1.807, 2.05) is 12.1 Å². The van der Waals surface area contributed by atoms with Crippen molar-refractivity contribution in [3.63, 3.8) is 0 Å². The summed E-state index contributed by atoms with van der Waals surface area (Å²) >= 11 is 0. The molecular weight excluding hydrogens is 306 g/mol. The van der Waals surface area contributed by atoms with Crippen molar-refractivity contribution in [1.82, 2.24) is 15.1 Å². The predicted octanol–water partition coefficient (Wildman–Crippen LogP) is 1.83. The van der Waals surface area contributed by atoms with Gasteiger partial charge >= 0.3 is 6.03 Å². The zero-order valence-corrected chi connectivity index (χ0v) is 14.5. The van der Waals surface area contributed by atoms with E-state index in [1.54, 1.807) is 36.0 Å². The van der Waals surface area contributed by atoms with Crippen molar-refractivity contribution in [2.75, 3.05) is 33.7 Å². The fraction of sp³-hybridized carbons (Fsp3) is 0.556. The topological polar surface area (TPSA) is 72.9 Å². The van der Waals surface area contributed by atoms with Gasteiger partial charge in [0, 0.05) is 33.7 Å². The molecule has 2 N–H and O–H groups in total. The third-order valence-electron chi connectivity index (χ3n) is 4.32. The summed E-state index contributed by atoms with van der Waals surface area (Å²) in [6.07, 6.45) is 3.41. The molecule has 6 heteroatoms. The number of likely N-dealkylation sites (tertiary alicyclic amines) is 1. The van der Waals surface area contributed by atoms with Gasteiger partial charge in [-0.3, -0.25) is 4.79 Å². The minimum atomic E-state index is -0.115. The van der Waals surface area contributed by atoms with Gasteiger partial charge < -0.3 is 20.2 Å². The molecule has 0 bridgehead atoms. The molecule has 2 rings (SSSR count). The maximum atomic E-state index is 12.3. The Kier molecular flexibility index (Phi) is 6.46. The van der Waals surface area contributed by atoms with E-state index in [-0.39, 0.29) is 23.6 Å². The van der Waals surface area contributed by atoms with Crippen LogP contribution < -0.4 is 5.32 Å². The van der Waals surface area contributed by atoms with Gasteiger partial charge in [0.15, 0.2) is 0 Å². The number of nitrogens with one attached hydrogen (secondary N) is 1. The van der Waals surface area contributed by atoms with Crippen LogP contribution >= 0.6 is 0 Å². The number of urea groups is 1. The highest BCUT2D eigenvalue weighted by Gasteiger charge is 2.28. The first-order chi connectivity index (χ1) is 11.5. The van der Waals surface area contributed by atoms with Crippen LogP contribution in [0, 0.1) is 5.92 Å². The van der Waals surface area contributed by atoms with E-state index >= 15 is 0 Å². The second-order valence-corrected chi connectivity index (χ2v) is 6.52. The Balaban J connectivity index is 1.71. The number of piperidine rings is 1. The largest absolute Gasteiger partial charge is 0.508 e. The number of amides is 3. The highest BCUT2D eigenvalue weighted by Crippen LogP contribution is 2.17. The van der Waals surface area contributed by atoms with Crippen LogP contribution in [0.15, 0.2) is 24.3 Å². The summed E-state index contributed by atoms with van der Waals surface area (Å²) < 4.78 is 0. The molecule has 1 aromatic carbocycles. The minimum Gasteiger partial charge on any atom is -0.508 e. The third-order valence-corrected chi connectivity index (χ3v) is 4.32. The Morgan fingerprint density at radius 3 is 2.67 bits per heavy atom. The van der Waals surface area contributed by atoms with Crippen LogP contribution in [0.2, 0.25) is 0 Å². The van der Waals surface area contributed by atoms with E-state index in [2.05, 4.69) is 5.32 Å². The van der Waals surface area contributed by atoms with E-state index in [9.17, 15) is 14.7 Å². The predicted molar refractivity (Wildman–Crippen MR) is 92.8 cm³/mol. The summed E-state index contributed by atoms with van der Waals surface area (Å²) in [6, 6.07) is 7.10. The van der Waals surface area contributed by atoms with Crippen LogP contribution in [0.4, 0.5) is 4.79 Å². The lowest BCUT2D eigenvalue weighted by atomic mass is 9.97. The maximum absolute atomic E-state index is 12.3. The summed E-state index contributed by atoms with van der Waals surface area (Å²) in [7, 11) is 3.46. The Labute approximate surface area is 143 Å². The molecule has 1 atom stereocenters. The number of carbonyl (C=O) groups is 2. The lowest BCUT2D eigenvalue weighted by molar-refractivity contribution is -0.126. The van der Waals surface area contributed by atoms with Gasteiger partial charge in [-0.25, -0.2) is 4.79 Å². The van der Waals surface area contributed by atoms with Gasteiger partial charge in [0.25, 0.3) is 0 Å². The van der Waals surface area contributed by atoms with Crippen LogP contribution in [0.3, 0.4) is 0 Å². The molecular formula is C18H27N3O3. The molecule has 0 aliphatic carbocycles. The number of hydrogen-bond acceptors (Lipinski definition) is 3. The van der Waals surface area contributed by atoms with Gasteiger partial charge in [-0.05, 0) is 43.4 Å². The Bertz CT molecular complexity index is 557. The molecule has 0 radical (unpaired) electrons. The normalized spacial score (nSPS) is 17.4. The molecule has 0 aromatic heterocycles. The van der Waals surface area contributed by atoms with Gasteiger partial charge in [-0.2, -0.15) is 0 Å². The maximum Gasteiger partial charge on any atom is 0.319 e. The SMILES string of the molecule is CN(C)C(=O)N1CCCC(C(=O)NCCCc2ccc(O)cc2)C1. The van der Waals surface area contributed by atoms with Crippen molar-refractivity contribution in [2.45, 2.75) is 25.7 Å². The Hall–Kier alpha value is -2.24. The standard InChI is InChI=1S/C18H27N3O3/c1-20(2)18(24)21-12-4-6-15(13-21)17(23)19-11-3-5-14-7-9-16(22)10-8-14/h7-10,15,22H,3-6,11-13H2,1-2H3,(H,19,23). The van der Waals surface area contributed by atoms with Gasteiger partial charge in [-0.15, -0.1) is 0 Å². The van der Waals surface area contributed by atoms with Gasteiger partial charge in [0.1, 0.15) is 5.75 Å². The number of benzene rings is 1.